The highest BCUT2D eigenvalue weighted by molar-refractivity contribution is 5.97. The van der Waals surface area contributed by atoms with E-state index in [9.17, 15) is 4.79 Å². The Balaban J connectivity index is 1.31. The maximum Gasteiger partial charge on any atom is 0.171 e. The molecule has 8 nitrogen and oxygen atoms in total. The maximum atomic E-state index is 12.9. The first-order valence-electron chi connectivity index (χ1n) is 11.1. The second-order valence-electron chi connectivity index (χ2n) is 8.44. The number of rotatable bonds is 6. The number of carbonyl (C=O) groups is 1. The van der Waals surface area contributed by atoms with Gasteiger partial charge >= 0.3 is 0 Å². The van der Waals surface area contributed by atoms with Crippen LogP contribution in [0.5, 0.6) is 0 Å². The second-order valence-corrected chi connectivity index (χ2v) is 8.44. The summed E-state index contributed by atoms with van der Waals surface area (Å²) in [6.45, 7) is 5.45. The van der Waals surface area contributed by atoms with Crippen LogP contribution in [0.3, 0.4) is 0 Å². The van der Waals surface area contributed by atoms with E-state index in [0.717, 1.165) is 54.6 Å². The summed E-state index contributed by atoms with van der Waals surface area (Å²) in [5.41, 5.74) is 3.98. The van der Waals surface area contributed by atoms with Gasteiger partial charge in [0.1, 0.15) is 0 Å². The third-order valence-electron chi connectivity index (χ3n) is 6.27. The number of ketones is 1. The van der Waals surface area contributed by atoms with Gasteiger partial charge in [-0.3, -0.25) is 19.1 Å². The van der Waals surface area contributed by atoms with Crippen molar-refractivity contribution in [1.82, 2.24) is 34.4 Å². The molecule has 1 aliphatic heterocycles. The smallest absolute Gasteiger partial charge is 0.171 e. The van der Waals surface area contributed by atoms with Crippen LogP contribution in [0.15, 0.2) is 49.2 Å². The molecule has 0 radical (unpaired) electrons. The third kappa shape index (κ3) is 4.18. The number of hydrogen-bond donors (Lipinski definition) is 0. The Hall–Kier alpha value is -3.39. The van der Waals surface area contributed by atoms with Crippen LogP contribution in [0.25, 0.3) is 22.2 Å². The van der Waals surface area contributed by atoms with E-state index in [-0.39, 0.29) is 12.2 Å². The van der Waals surface area contributed by atoms with Gasteiger partial charge in [0, 0.05) is 49.7 Å². The fraction of sp³-hybridized carbons (Fsp3) is 0.375. The summed E-state index contributed by atoms with van der Waals surface area (Å²) in [7, 11) is 1.88. The number of piperidine rings is 1. The Labute approximate surface area is 186 Å². The van der Waals surface area contributed by atoms with Crippen LogP contribution in [0.4, 0.5) is 0 Å². The zero-order chi connectivity index (χ0) is 22.1. The van der Waals surface area contributed by atoms with Crippen LogP contribution >= 0.6 is 0 Å². The van der Waals surface area contributed by atoms with Crippen molar-refractivity contribution < 1.29 is 4.79 Å². The predicted octanol–water partition coefficient (Wildman–Crippen LogP) is 3.31. The average Bonchev–Trinajstić information content (AvgIpc) is 3.48. The monoisotopic (exact) mass is 429 g/mol. The lowest BCUT2D eigenvalue weighted by Crippen LogP contribution is -2.34. The summed E-state index contributed by atoms with van der Waals surface area (Å²) in [6.07, 6.45) is 11.5. The van der Waals surface area contributed by atoms with Crippen LogP contribution in [0.1, 0.15) is 41.9 Å². The van der Waals surface area contributed by atoms with E-state index in [1.807, 2.05) is 42.3 Å². The molecule has 8 heteroatoms. The van der Waals surface area contributed by atoms with Gasteiger partial charge in [-0.15, -0.1) is 0 Å². The molecule has 0 unspecified atom stereocenters. The Morgan fingerprint density at radius 3 is 2.69 bits per heavy atom. The minimum atomic E-state index is 0.0255. The number of carbonyl (C=O) groups excluding carboxylic acids is 1. The molecule has 0 bridgehead atoms. The predicted molar refractivity (Wildman–Crippen MR) is 122 cm³/mol. The first kappa shape index (κ1) is 20.5. The molecule has 164 valence electrons. The normalized spacial score (nSPS) is 15.4. The highest BCUT2D eigenvalue weighted by Gasteiger charge is 2.21. The minimum Gasteiger partial charge on any atom is -0.303 e. The molecule has 4 aromatic rings. The molecule has 0 aliphatic carbocycles. The molecule has 0 aromatic carbocycles. The molecule has 5 heterocycles. The fourth-order valence-electron chi connectivity index (χ4n) is 4.32. The Bertz CT molecular complexity index is 1250. The topological polar surface area (TPSA) is 81.7 Å². The van der Waals surface area contributed by atoms with E-state index < -0.39 is 0 Å². The average molecular weight is 430 g/mol. The second kappa shape index (κ2) is 8.63. The zero-order valence-electron chi connectivity index (χ0n) is 18.5. The highest BCUT2D eigenvalue weighted by atomic mass is 16.1. The summed E-state index contributed by atoms with van der Waals surface area (Å²) < 4.78 is 3.72. The summed E-state index contributed by atoms with van der Waals surface area (Å²) >= 11 is 0. The summed E-state index contributed by atoms with van der Waals surface area (Å²) in [6, 6.07) is 6.23. The van der Waals surface area contributed by atoms with Crippen LogP contribution in [0, 0.1) is 0 Å². The van der Waals surface area contributed by atoms with E-state index >= 15 is 0 Å². The van der Waals surface area contributed by atoms with Gasteiger partial charge in [-0.2, -0.15) is 10.2 Å². The molecular weight excluding hydrogens is 402 g/mol. The fourth-order valence-corrected chi connectivity index (χ4v) is 4.32. The van der Waals surface area contributed by atoms with Gasteiger partial charge in [0.25, 0.3) is 0 Å². The number of aryl methyl sites for hydroxylation is 1. The van der Waals surface area contributed by atoms with Crippen molar-refractivity contribution in [1.29, 1.82) is 0 Å². The first-order valence-corrected chi connectivity index (χ1v) is 11.1. The molecule has 1 fully saturated rings. The Morgan fingerprint density at radius 1 is 1.09 bits per heavy atom. The summed E-state index contributed by atoms with van der Waals surface area (Å²) in [5.74, 6) is 0.0255. The number of fused-ring (bicyclic) bond motifs is 1. The number of pyridine rings is 2. The van der Waals surface area contributed by atoms with Crippen LogP contribution in [0.2, 0.25) is 0 Å². The standard InChI is InChI=1S/C24H27N7O/c1-3-30-8-6-21(7-9-30)31-16-19(14-27-31)24(32)11-20-10-23-17(12-25-20)4-5-22(28-23)18-13-26-29(2)15-18/h4-5,10,12-16,21H,3,6-9,11H2,1-2H3. The van der Waals surface area contributed by atoms with Gasteiger partial charge < -0.3 is 4.90 Å². The van der Waals surface area contributed by atoms with Gasteiger partial charge in [-0.1, -0.05) is 6.92 Å². The molecule has 0 amide bonds. The lowest BCUT2D eigenvalue weighted by atomic mass is 10.1. The Kier molecular flexibility index (Phi) is 5.53. The highest BCUT2D eigenvalue weighted by Crippen LogP contribution is 2.23. The number of hydrogen-bond acceptors (Lipinski definition) is 6. The van der Waals surface area contributed by atoms with Crippen molar-refractivity contribution in [2.24, 2.45) is 7.05 Å². The molecule has 1 aliphatic rings. The molecule has 5 rings (SSSR count). The van der Waals surface area contributed by atoms with Crippen molar-refractivity contribution >= 4 is 16.7 Å². The van der Waals surface area contributed by atoms with Crippen molar-refractivity contribution in [2.75, 3.05) is 19.6 Å². The number of aromatic nitrogens is 6. The quantitative estimate of drug-likeness (QED) is 0.438. The summed E-state index contributed by atoms with van der Waals surface area (Å²) in [4.78, 5) is 24.6. The Morgan fingerprint density at radius 2 is 1.94 bits per heavy atom. The molecule has 4 aromatic heterocycles. The van der Waals surface area contributed by atoms with Crippen LogP contribution in [-0.4, -0.2) is 59.8 Å². The van der Waals surface area contributed by atoms with Crippen molar-refractivity contribution in [3.8, 4) is 11.3 Å². The molecule has 1 saturated heterocycles. The van der Waals surface area contributed by atoms with Crippen LogP contribution < -0.4 is 0 Å². The van der Waals surface area contributed by atoms with Crippen molar-refractivity contribution in [3.05, 3.63) is 60.4 Å². The number of likely N-dealkylation sites (tertiary alicyclic amines) is 1. The number of nitrogens with zero attached hydrogens (tertiary/aromatic N) is 7. The molecule has 0 atom stereocenters. The molecule has 0 saturated carbocycles. The minimum absolute atomic E-state index is 0.0255. The molecular formula is C24H27N7O. The van der Waals surface area contributed by atoms with Gasteiger partial charge in [0.15, 0.2) is 5.78 Å². The van der Waals surface area contributed by atoms with E-state index in [1.165, 1.54) is 0 Å². The van der Waals surface area contributed by atoms with Crippen LogP contribution in [-0.2, 0) is 13.5 Å². The van der Waals surface area contributed by atoms with Crippen molar-refractivity contribution in [3.63, 3.8) is 0 Å². The van der Waals surface area contributed by atoms with E-state index in [0.29, 0.717) is 17.3 Å². The molecule has 32 heavy (non-hydrogen) atoms. The molecule has 0 spiro atoms. The van der Waals surface area contributed by atoms with Gasteiger partial charge in [-0.25, -0.2) is 4.98 Å². The van der Waals surface area contributed by atoms with Crippen molar-refractivity contribution in [2.45, 2.75) is 32.2 Å². The van der Waals surface area contributed by atoms with Gasteiger partial charge in [0.05, 0.1) is 47.3 Å². The van der Waals surface area contributed by atoms with E-state index in [1.54, 1.807) is 23.3 Å². The van der Waals surface area contributed by atoms with Gasteiger partial charge in [-0.05, 0) is 37.6 Å². The third-order valence-corrected chi connectivity index (χ3v) is 6.27. The summed E-state index contributed by atoms with van der Waals surface area (Å²) in [5, 5.41) is 9.65. The lowest BCUT2D eigenvalue weighted by Gasteiger charge is -2.31. The maximum absolute atomic E-state index is 12.9. The largest absolute Gasteiger partial charge is 0.303 e. The van der Waals surface area contributed by atoms with E-state index in [4.69, 9.17) is 4.98 Å². The van der Waals surface area contributed by atoms with Gasteiger partial charge in [0.2, 0.25) is 0 Å². The number of Topliss-reactive ketones (excluding diaryl/α,β-unsaturated/α-hetero) is 1. The van der Waals surface area contributed by atoms with E-state index in [2.05, 4.69) is 27.0 Å². The first-order chi connectivity index (χ1) is 15.6. The SMILES string of the molecule is CCN1CCC(n2cc(C(=O)Cc3cc4nc(-c5cnn(C)c5)ccc4cn3)cn2)CC1. The molecule has 0 N–H and O–H groups in total. The zero-order valence-corrected chi connectivity index (χ0v) is 18.5. The lowest BCUT2D eigenvalue weighted by molar-refractivity contribution is 0.0991.